The van der Waals surface area contributed by atoms with Gasteiger partial charge in [0.15, 0.2) is 23.5 Å². The van der Waals surface area contributed by atoms with E-state index in [9.17, 15) is 63.7 Å². The number of imidazole rings is 1. The highest BCUT2D eigenvalue weighted by molar-refractivity contribution is 7.66. The third-order valence-corrected chi connectivity index (χ3v) is 9.55. The van der Waals surface area contributed by atoms with Crippen molar-refractivity contribution in [2.45, 2.75) is 24.5 Å². The largest absolute Gasteiger partial charge is 0.490 e. The summed E-state index contributed by atoms with van der Waals surface area (Å²) in [4.78, 5) is 89.5. The van der Waals surface area contributed by atoms with Crippen molar-refractivity contribution >= 4 is 57.6 Å². The Kier molecular flexibility index (Phi) is 9.62. The number of H-pyrrole nitrogens is 1. The maximum absolute atomic E-state index is 12.3. The molecule has 0 bridgehead atoms. The fourth-order valence-electron chi connectivity index (χ4n) is 4.05. The van der Waals surface area contributed by atoms with Crippen LogP contribution in [0.1, 0.15) is 6.23 Å². The SMILES string of the molecule is Nc1nc2c(ncn2[C@@H]2O[C@H](COP(=O)(O)OP(=O)(O)OP(=O)(O)O)[C@@H](Oc3c([N+](=O)[O-])cc([N+](=O)[O-])cc3[N+](=O)[O-])C2O)c(=O)[nH]1. The molecule has 4 rings (SSSR count). The lowest BCUT2D eigenvalue weighted by atomic mass is 10.1. The van der Waals surface area contributed by atoms with Crippen LogP contribution in [-0.2, 0) is 31.6 Å². The van der Waals surface area contributed by atoms with E-state index in [1.807, 2.05) is 0 Å². The number of phosphoric acid groups is 3. The van der Waals surface area contributed by atoms with E-state index in [-0.39, 0.29) is 23.3 Å². The average molecular weight is 734 g/mol. The molecular formula is C16H17N8O20P3. The van der Waals surface area contributed by atoms with Crippen LogP contribution < -0.4 is 16.0 Å². The minimum absolute atomic E-state index is 0.283. The van der Waals surface area contributed by atoms with E-state index in [1.54, 1.807) is 0 Å². The molecule has 1 fully saturated rings. The number of nitro groups is 3. The Balaban J connectivity index is 1.77. The van der Waals surface area contributed by atoms with E-state index in [2.05, 4.69) is 28.1 Å². The van der Waals surface area contributed by atoms with Crippen molar-refractivity contribution in [3.8, 4) is 5.75 Å². The number of nitro benzene ring substituents is 3. The summed E-state index contributed by atoms with van der Waals surface area (Å²) in [7, 11) is -17.6. The molecule has 256 valence electrons. The number of aromatic nitrogens is 4. The van der Waals surface area contributed by atoms with E-state index in [0.29, 0.717) is 0 Å². The smallest absolute Gasteiger partial charge is 0.473 e. The van der Waals surface area contributed by atoms with Crippen LogP contribution in [0.15, 0.2) is 23.3 Å². The fourth-order valence-corrected chi connectivity index (χ4v) is 7.08. The van der Waals surface area contributed by atoms with Crippen molar-refractivity contribution in [3.63, 3.8) is 0 Å². The van der Waals surface area contributed by atoms with Gasteiger partial charge in [-0.15, -0.1) is 0 Å². The number of non-ortho nitro benzene ring substituents is 1. The monoisotopic (exact) mass is 734 g/mol. The van der Waals surface area contributed by atoms with Gasteiger partial charge in [0.05, 0.1) is 39.8 Å². The van der Waals surface area contributed by atoms with Gasteiger partial charge in [-0.25, -0.2) is 18.7 Å². The molecule has 0 saturated carbocycles. The average Bonchev–Trinajstić information content (AvgIpc) is 3.45. The number of aliphatic hydroxyl groups excluding tert-OH is 1. The summed E-state index contributed by atoms with van der Waals surface area (Å²) in [6.07, 6.45) is -7.24. The molecule has 0 spiro atoms. The number of hydrogen-bond donors (Lipinski definition) is 7. The molecule has 1 aliphatic rings. The number of fused-ring (bicyclic) bond motifs is 1. The van der Waals surface area contributed by atoms with Crippen LogP contribution in [0.5, 0.6) is 5.75 Å². The molecule has 2 aromatic heterocycles. The zero-order valence-corrected chi connectivity index (χ0v) is 24.9. The second-order valence-electron chi connectivity index (χ2n) is 8.88. The predicted octanol–water partition coefficient (Wildman–Crippen LogP) is -0.524. The molecule has 1 aliphatic heterocycles. The van der Waals surface area contributed by atoms with Crippen LogP contribution in [0.25, 0.3) is 11.2 Å². The molecule has 3 unspecified atom stereocenters. The Morgan fingerprint density at radius 3 is 2.13 bits per heavy atom. The van der Waals surface area contributed by atoms with Gasteiger partial charge in [0.2, 0.25) is 5.95 Å². The number of nitrogen functional groups attached to an aromatic ring is 1. The zero-order valence-electron chi connectivity index (χ0n) is 22.2. The van der Waals surface area contributed by atoms with E-state index in [1.165, 1.54) is 0 Å². The summed E-state index contributed by atoms with van der Waals surface area (Å²) >= 11 is 0. The van der Waals surface area contributed by atoms with Crippen LogP contribution in [-0.4, -0.2) is 83.9 Å². The Morgan fingerprint density at radius 1 is 1.00 bits per heavy atom. The van der Waals surface area contributed by atoms with Crippen molar-refractivity contribution in [1.29, 1.82) is 0 Å². The summed E-state index contributed by atoms with van der Waals surface area (Å²) < 4.78 is 58.4. The van der Waals surface area contributed by atoms with E-state index in [4.69, 9.17) is 25.0 Å². The summed E-state index contributed by atoms with van der Waals surface area (Å²) in [5, 5.41) is 45.9. The van der Waals surface area contributed by atoms with Crippen molar-refractivity contribution in [2.75, 3.05) is 12.3 Å². The number of nitrogens with two attached hydrogens (primary N) is 1. The number of aromatic amines is 1. The molecule has 8 N–H and O–H groups in total. The highest BCUT2D eigenvalue weighted by Gasteiger charge is 2.50. The standard InChI is InChI=1S/C16H17N8O20P3/c17-16-19-13-9(14(26)20-16)18-4-21(13)15-10(25)12(8(41-15)3-40-46(36,37)44-47(38,39)43-45(33,34)35)42-11-6(23(29)30)1-5(22(27)28)2-7(11)24(31)32/h1-2,4,8,10,12,15,25H,3H2,(H,36,37)(H,38,39)(H2,33,34,35)(H3,17,19,20,26)/t8-,10?,12-,15-/m1/s1. The van der Waals surface area contributed by atoms with Gasteiger partial charge >= 0.3 is 34.8 Å². The number of anilines is 1. The van der Waals surface area contributed by atoms with Gasteiger partial charge in [0.25, 0.3) is 17.0 Å². The molecule has 47 heavy (non-hydrogen) atoms. The first-order valence-electron chi connectivity index (χ1n) is 11.7. The molecule has 0 amide bonds. The van der Waals surface area contributed by atoms with Gasteiger partial charge < -0.3 is 39.9 Å². The highest BCUT2D eigenvalue weighted by Crippen LogP contribution is 2.66. The molecule has 3 aromatic rings. The topological polar surface area (TPSA) is 418 Å². The Hall–Kier alpha value is -4.30. The molecule has 0 aliphatic carbocycles. The number of benzene rings is 1. The van der Waals surface area contributed by atoms with Gasteiger partial charge in [0.1, 0.15) is 12.2 Å². The van der Waals surface area contributed by atoms with Crippen LogP contribution in [0, 0.1) is 30.3 Å². The van der Waals surface area contributed by atoms with Crippen LogP contribution in [0.4, 0.5) is 23.0 Å². The van der Waals surface area contributed by atoms with Gasteiger partial charge in [0, 0.05) is 0 Å². The first-order valence-corrected chi connectivity index (χ1v) is 16.2. The van der Waals surface area contributed by atoms with Crippen molar-refractivity contribution in [2.24, 2.45) is 0 Å². The number of aliphatic hydroxyl groups is 1. The van der Waals surface area contributed by atoms with Gasteiger partial charge in [-0.05, 0) is 0 Å². The third-order valence-electron chi connectivity index (χ3n) is 5.74. The summed E-state index contributed by atoms with van der Waals surface area (Å²) in [5.41, 5.74) is 0.125. The molecule has 31 heteroatoms. The normalized spacial score (nSPS) is 22.4. The van der Waals surface area contributed by atoms with Crippen LogP contribution in [0.2, 0.25) is 0 Å². The Labute approximate surface area is 255 Å². The first kappa shape index (κ1) is 35.6. The first-order chi connectivity index (χ1) is 21.6. The molecular weight excluding hydrogens is 717 g/mol. The second kappa shape index (κ2) is 12.7. The van der Waals surface area contributed by atoms with Crippen LogP contribution >= 0.6 is 23.5 Å². The van der Waals surface area contributed by atoms with Crippen molar-refractivity contribution < 1.29 is 75.8 Å². The predicted molar refractivity (Wildman–Crippen MR) is 143 cm³/mol. The molecule has 3 heterocycles. The number of nitrogens with one attached hydrogen (secondary N) is 1. The minimum atomic E-state index is -6.01. The van der Waals surface area contributed by atoms with E-state index in [0.717, 1.165) is 10.9 Å². The molecule has 1 saturated heterocycles. The minimum Gasteiger partial charge on any atom is -0.473 e. The number of rotatable bonds is 13. The fraction of sp³-hybridized carbons (Fsp3) is 0.312. The lowest BCUT2D eigenvalue weighted by Crippen LogP contribution is -2.39. The maximum Gasteiger partial charge on any atom is 0.490 e. The van der Waals surface area contributed by atoms with Gasteiger partial charge in [-0.1, -0.05) is 0 Å². The van der Waals surface area contributed by atoms with Crippen molar-refractivity contribution in [1.82, 2.24) is 19.5 Å². The lowest BCUT2D eigenvalue weighted by Gasteiger charge is -2.22. The highest BCUT2D eigenvalue weighted by atomic mass is 31.3. The maximum atomic E-state index is 12.3. The molecule has 0 radical (unpaired) electrons. The number of hydrogen-bond acceptors (Lipinski definition) is 19. The second-order valence-corrected chi connectivity index (χ2v) is 13.3. The summed E-state index contributed by atoms with van der Waals surface area (Å²) in [6, 6.07) is 0.566. The van der Waals surface area contributed by atoms with Crippen molar-refractivity contribution in [3.05, 3.63) is 59.2 Å². The number of nitrogens with zero attached hydrogens (tertiary/aromatic N) is 6. The number of phosphoric ester groups is 1. The quantitative estimate of drug-likeness (QED) is 0.0659. The van der Waals surface area contributed by atoms with Crippen LogP contribution in [0.3, 0.4) is 0 Å². The van der Waals surface area contributed by atoms with E-state index < -0.39 is 104 Å². The molecule has 6 atom stereocenters. The Morgan fingerprint density at radius 2 is 1.60 bits per heavy atom. The number of ether oxygens (including phenoxy) is 2. The third kappa shape index (κ3) is 7.99. The van der Waals surface area contributed by atoms with Gasteiger partial charge in [-0.3, -0.25) is 49.2 Å². The zero-order chi connectivity index (χ0) is 35.2. The summed E-state index contributed by atoms with van der Waals surface area (Å²) in [6.45, 7) is -1.38. The summed E-state index contributed by atoms with van der Waals surface area (Å²) in [5.74, 6) is -1.73. The molecule has 1 aromatic carbocycles. The van der Waals surface area contributed by atoms with Gasteiger partial charge in [-0.2, -0.15) is 13.6 Å². The van der Waals surface area contributed by atoms with E-state index >= 15 is 0 Å². The molecule has 28 nitrogen and oxygen atoms in total. The lowest BCUT2D eigenvalue weighted by molar-refractivity contribution is -0.404. The Bertz CT molecular complexity index is 1940.